The van der Waals surface area contributed by atoms with E-state index in [1.165, 1.54) is 0 Å². The van der Waals surface area contributed by atoms with E-state index >= 15 is 0 Å². The van der Waals surface area contributed by atoms with Crippen LogP contribution in [0.4, 0.5) is 5.82 Å². The van der Waals surface area contributed by atoms with E-state index < -0.39 is 0 Å². The third kappa shape index (κ3) is 2.05. The van der Waals surface area contributed by atoms with Gasteiger partial charge in [-0.3, -0.25) is 0 Å². The van der Waals surface area contributed by atoms with Gasteiger partial charge in [0.15, 0.2) is 5.82 Å². The second-order valence-electron chi connectivity index (χ2n) is 4.81. The summed E-state index contributed by atoms with van der Waals surface area (Å²) in [5.74, 6) is 1.36. The highest BCUT2D eigenvalue weighted by Gasteiger charge is 2.15. The van der Waals surface area contributed by atoms with Gasteiger partial charge in [-0.25, -0.2) is 4.98 Å². The Kier molecular flexibility index (Phi) is 2.99. The molecule has 0 atom stereocenters. The topological polar surface area (TPSA) is 56.7 Å². The van der Waals surface area contributed by atoms with E-state index in [-0.39, 0.29) is 0 Å². The molecule has 3 aromatic rings. The Morgan fingerprint density at radius 2 is 1.80 bits per heavy atom. The van der Waals surface area contributed by atoms with Gasteiger partial charge in [-0.2, -0.15) is 9.78 Å². The first-order valence-electron chi connectivity index (χ1n) is 6.50. The number of pyridine rings is 1. The highest BCUT2D eigenvalue weighted by atomic mass is 15.3. The third-order valence-corrected chi connectivity index (χ3v) is 3.28. The number of aromatic nitrogens is 3. The molecule has 1 aromatic carbocycles. The molecule has 3 rings (SSSR count). The molecule has 0 bridgehead atoms. The Bertz CT molecular complexity index is 744. The van der Waals surface area contributed by atoms with Crippen LogP contribution in [0.5, 0.6) is 0 Å². The lowest BCUT2D eigenvalue weighted by Gasteiger charge is -2.05. The summed E-state index contributed by atoms with van der Waals surface area (Å²) in [4.78, 5) is 4.34. The highest BCUT2D eigenvalue weighted by molar-refractivity contribution is 5.77. The fraction of sp³-hybridized carbons (Fsp3) is 0.125. The van der Waals surface area contributed by atoms with Crippen LogP contribution in [0.3, 0.4) is 0 Å². The molecule has 100 valence electrons. The molecule has 0 radical (unpaired) electrons. The zero-order chi connectivity index (χ0) is 14.1. The summed E-state index contributed by atoms with van der Waals surface area (Å²) in [6.07, 6.45) is 1.77. The van der Waals surface area contributed by atoms with E-state index in [4.69, 9.17) is 5.73 Å². The van der Waals surface area contributed by atoms with Crippen molar-refractivity contribution in [3.05, 3.63) is 59.9 Å². The standard InChI is InChI=1S/C16H16N4/c1-11-8-9-18-14(10-11)20-16(17)15(12(2)19-20)13-6-4-3-5-7-13/h3-10H,17H2,1-2H3. The number of nitrogens with zero attached hydrogens (tertiary/aromatic N) is 3. The number of nitrogens with two attached hydrogens (primary N) is 1. The molecule has 0 aliphatic heterocycles. The quantitative estimate of drug-likeness (QED) is 0.773. The molecule has 20 heavy (non-hydrogen) atoms. The highest BCUT2D eigenvalue weighted by Crippen LogP contribution is 2.30. The van der Waals surface area contributed by atoms with Crippen LogP contribution in [-0.2, 0) is 0 Å². The van der Waals surface area contributed by atoms with Crippen LogP contribution in [0, 0.1) is 13.8 Å². The summed E-state index contributed by atoms with van der Waals surface area (Å²) < 4.78 is 1.70. The zero-order valence-corrected chi connectivity index (χ0v) is 11.5. The first kappa shape index (κ1) is 12.4. The van der Waals surface area contributed by atoms with Gasteiger partial charge in [-0.1, -0.05) is 30.3 Å². The molecule has 2 N–H and O–H groups in total. The Morgan fingerprint density at radius 1 is 1.05 bits per heavy atom. The van der Waals surface area contributed by atoms with E-state index in [9.17, 15) is 0 Å². The second kappa shape index (κ2) is 4.81. The van der Waals surface area contributed by atoms with Gasteiger partial charge in [0.25, 0.3) is 0 Å². The minimum atomic E-state index is 0.617. The molecule has 0 saturated heterocycles. The van der Waals surface area contributed by atoms with E-state index in [0.717, 1.165) is 28.2 Å². The summed E-state index contributed by atoms with van der Waals surface area (Å²) in [5, 5.41) is 4.53. The largest absolute Gasteiger partial charge is 0.383 e. The molecule has 4 nitrogen and oxygen atoms in total. The van der Waals surface area contributed by atoms with Gasteiger partial charge >= 0.3 is 0 Å². The average molecular weight is 264 g/mol. The van der Waals surface area contributed by atoms with Crippen LogP contribution < -0.4 is 5.73 Å². The van der Waals surface area contributed by atoms with Crippen molar-refractivity contribution >= 4 is 5.82 Å². The normalized spacial score (nSPS) is 10.7. The van der Waals surface area contributed by atoms with E-state index in [0.29, 0.717) is 5.82 Å². The summed E-state index contributed by atoms with van der Waals surface area (Å²) >= 11 is 0. The molecule has 0 fully saturated rings. The Morgan fingerprint density at radius 3 is 2.50 bits per heavy atom. The van der Waals surface area contributed by atoms with E-state index in [2.05, 4.69) is 10.1 Å². The number of nitrogen functional groups attached to an aromatic ring is 1. The first-order valence-corrected chi connectivity index (χ1v) is 6.50. The molecule has 0 aliphatic rings. The predicted molar refractivity (Wildman–Crippen MR) is 80.7 cm³/mol. The van der Waals surface area contributed by atoms with Crippen LogP contribution in [0.15, 0.2) is 48.7 Å². The fourth-order valence-corrected chi connectivity index (χ4v) is 2.32. The van der Waals surface area contributed by atoms with Crippen molar-refractivity contribution in [2.24, 2.45) is 0 Å². The lowest BCUT2D eigenvalue weighted by atomic mass is 10.1. The molecule has 0 spiro atoms. The summed E-state index contributed by atoms with van der Waals surface area (Å²) in [5.41, 5.74) is 10.3. The van der Waals surface area contributed by atoms with Crippen LogP contribution >= 0.6 is 0 Å². The molecule has 0 aliphatic carbocycles. The maximum Gasteiger partial charge on any atom is 0.155 e. The van der Waals surface area contributed by atoms with Gasteiger partial charge < -0.3 is 5.73 Å². The van der Waals surface area contributed by atoms with Gasteiger partial charge in [0.2, 0.25) is 0 Å². The number of anilines is 1. The summed E-state index contributed by atoms with van der Waals surface area (Å²) in [6.45, 7) is 3.99. The van der Waals surface area contributed by atoms with Crippen molar-refractivity contribution in [3.8, 4) is 16.9 Å². The monoisotopic (exact) mass is 264 g/mol. The smallest absolute Gasteiger partial charge is 0.155 e. The summed E-state index contributed by atoms with van der Waals surface area (Å²) in [6, 6.07) is 14.0. The summed E-state index contributed by atoms with van der Waals surface area (Å²) in [7, 11) is 0. The van der Waals surface area contributed by atoms with Crippen molar-refractivity contribution in [2.45, 2.75) is 13.8 Å². The third-order valence-electron chi connectivity index (χ3n) is 3.28. The number of aryl methyl sites for hydroxylation is 2. The van der Waals surface area contributed by atoms with Gasteiger partial charge in [0.05, 0.1) is 5.69 Å². The van der Waals surface area contributed by atoms with Crippen molar-refractivity contribution in [1.29, 1.82) is 0 Å². The average Bonchev–Trinajstić information content (AvgIpc) is 2.75. The molecule has 2 aromatic heterocycles. The maximum atomic E-state index is 6.28. The number of rotatable bonds is 2. The van der Waals surface area contributed by atoms with Crippen molar-refractivity contribution < 1.29 is 0 Å². The molecular weight excluding hydrogens is 248 g/mol. The molecule has 0 unspecified atom stereocenters. The van der Waals surface area contributed by atoms with Gasteiger partial charge in [0, 0.05) is 11.8 Å². The van der Waals surface area contributed by atoms with Crippen LogP contribution in [0.2, 0.25) is 0 Å². The second-order valence-corrected chi connectivity index (χ2v) is 4.81. The maximum absolute atomic E-state index is 6.28. The number of hydrogen-bond acceptors (Lipinski definition) is 3. The van der Waals surface area contributed by atoms with Crippen molar-refractivity contribution in [3.63, 3.8) is 0 Å². The van der Waals surface area contributed by atoms with Gasteiger partial charge in [-0.15, -0.1) is 0 Å². The number of benzene rings is 1. The fourth-order valence-electron chi connectivity index (χ4n) is 2.32. The van der Waals surface area contributed by atoms with Crippen LogP contribution in [0.25, 0.3) is 16.9 Å². The number of hydrogen-bond donors (Lipinski definition) is 1. The van der Waals surface area contributed by atoms with Crippen molar-refractivity contribution in [2.75, 3.05) is 5.73 Å². The van der Waals surface area contributed by atoms with E-state index in [1.54, 1.807) is 10.9 Å². The van der Waals surface area contributed by atoms with E-state index in [1.807, 2.05) is 56.3 Å². The predicted octanol–water partition coefficient (Wildman–Crippen LogP) is 3.13. The Hall–Kier alpha value is -2.62. The van der Waals surface area contributed by atoms with Crippen molar-refractivity contribution in [1.82, 2.24) is 14.8 Å². The zero-order valence-electron chi connectivity index (χ0n) is 11.5. The minimum absolute atomic E-state index is 0.617. The van der Waals surface area contributed by atoms with Crippen LogP contribution in [0.1, 0.15) is 11.3 Å². The molecule has 4 heteroatoms. The Balaban J connectivity index is 2.17. The minimum Gasteiger partial charge on any atom is -0.383 e. The van der Waals surface area contributed by atoms with Crippen LogP contribution in [-0.4, -0.2) is 14.8 Å². The van der Waals surface area contributed by atoms with Gasteiger partial charge in [-0.05, 0) is 37.1 Å². The first-order chi connectivity index (χ1) is 9.66. The molecule has 0 amide bonds. The lowest BCUT2D eigenvalue weighted by molar-refractivity contribution is 0.840. The Labute approximate surface area is 117 Å². The molecule has 0 saturated carbocycles. The molecule has 2 heterocycles. The molecular formula is C16H16N4. The lowest BCUT2D eigenvalue weighted by Crippen LogP contribution is -2.04. The van der Waals surface area contributed by atoms with Gasteiger partial charge in [0.1, 0.15) is 5.82 Å². The SMILES string of the molecule is Cc1ccnc(-n2nc(C)c(-c3ccccc3)c2N)c1.